The first-order chi connectivity index (χ1) is 8.02. The molecular weight excluding hydrogens is 222 g/mol. The summed E-state index contributed by atoms with van der Waals surface area (Å²) < 4.78 is 0. The number of carbonyl (C=O) groups excluding carboxylic acids is 1. The summed E-state index contributed by atoms with van der Waals surface area (Å²) in [5, 5.41) is 10.5. The third-order valence-corrected chi connectivity index (χ3v) is 3.63. The van der Waals surface area contributed by atoms with Gasteiger partial charge in [-0.05, 0) is 12.8 Å². The van der Waals surface area contributed by atoms with Crippen molar-refractivity contribution in [2.75, 3.05) is 14.2 Å². The molecular formula is C12H21NO4. The van der Waals surface area contributed by atoms with Gasteiger partial charge in [0.2, 0.25) is 5.91 Å². The summed E-state index contributed by atoms with van der Waals surface area (Å²) in [5.74, 6) is -1.12. The average Bonchev–Trinajstić information content (AvgIpc) is 2.54. The van der Waals surface area contributed by atoms with Crippen molar-refractivity contribution in [2.24, 2.45) is 5.41 Å². The van der Waals surface area contributed by atoms with Crippen molar-refractivity contribution in [3.63, 3.8) is 0 Å². The highest BCUT2D eigenvalue weighted by atomic mass is 16.7. The van der Waals surface area contributed by atoms with E-state index >= 15 is 0 Å². The van der Waals surface area contributed by atoms with Gasteiger partial charge in [0, 0.05) is 13.5 Å². The predicted octanol–water partition coefficient (Wildman–Crippen LogP) is 1.82. The first kappa shape index (κ1) is 14.0. The van der Waals surface area contributed by atoms with Crippen molar-refractivity contribution in [1.82, 2.24) is 5.06 Å². The molecule has 0 bridgehead atoms. The molecule has 0 heterocycles. The molecule has 1 aliphatic carbocycles. The van der Waals surface area contributed by atoms with Gasteiger partial charge < -0.3 is 5.11 Å². The van der Waals surface area contributed by atoms with E-state index in [2.05, 4.69) is 0 Å². The first-order valence-electron chi connectivity index (χ1n) is 6.06. The number of rotatable bonds is 4. The van der Waals surface area contributed by atoms with Crippen LogP contribution in [0, 0.1) is 5.41 Å². The van der Waals surface area contributed by atoms with E-state index in [0.717, 1.165) is 30.7 Å². The van der Waals surface area contributed by atoms with Crippen LogP contribution in [-0.4, -0.2) is 36.2 Å². The molecule has 0 aliphatic heterocycles. The fourth-order valence-electron chi connectivity index (χ4n) is 2.37. The maximum atomic E-state index is 11.8. The maximum absolute atomic E-state index is 11.8. The quantitative estimate of drug-likeness (QED) is 0.604. The van der Waals surface area contributed by atoms with Gasteiger partial charge in [-0.2, -0.15) is 0 Å². The van der Waals surface area contributed by atoms with Crippen LogP contribution >= 0.6 is 0 Å². The number of carboxylic acid groups (broad SMARTS) is 1. The summed E-state index contributed by atoms with van der Waals surface area (Å²) in [6, 6.07) is 0. The Balaban J connectivity index is 2.77. The number of aliphatic carboxylic acids is 1. The van der Waals surface area contributed by atoms with Gasteiger partial charge in [-0.3, -0.25) is 14.4 Å². The van der Waals surface area contributed by atoms with Crippen LogP contribution in [0.25, 0.3) is 0 Å². The second-order valence-corrected chi connectivity index (χ2v) is 4.75. The minimum absolute atomic E-state index is 0.0344. The summed E-state index contributed by atoms with van der Waals surface area (Å²) in [6.45, 7) is 0. The number of hydrogen-bond acceptors (Lipinski definition) is 3. The van der Waals surface area contributed by atoms with E-state index in [1.165, 1.54) is 14.2 Å². The molecule has 1 N–H and O–H groups in total. The van der Waals surface area contributed by atoms with Crippen LogP contribution in [0.15, 0.2) is 0 Å². The number of carboxylic acids is 1. The zero-order valence-corrected chi connectivity index (χ0v) is 10.6. The van der Waals surface area contributed by atoms with Gasteiger partial charge in [0.15, 0.2) is 0 Å². The minimum Gasteiger partial charge on any atom is -0.481 e. The van der Waals surface area contributed by atoms with Crippen LogP contribution in [0.3, 0.4) is 0 Å². The lowest BCUT2D eigenvalue weighted by atomic mass is 9.77. The van der Waals surface area contributed by atoms with Crippen LogP contribution in [0.2, 0.25) is 0 Å². The lowest BCUT2D eigenvalue weighted by Gasteiger charge is -2.28. The summed E-state index contributed by atoms with van der Waals surface area (Å²) >= 11 is 0. The van der Waals surface area contributed by atoms with Crippen molar-refractivity contribution >= 4 is 11.9 Å². The molecule has 0 unspecified atom stereocenters. The van der Waals surface area contributed by atoms with Crippen LogP contribution in [0.5, 0.6) is 0 Å². The van der Waals surface area contributed by atoms with E-state index in [1.807, 2.05) is 0 Å². The summed E-state index contributed by atoms with van der Waals surface area (Å²) in [6.07, 6.45) is 5.10. The number of hydrogen-bond donors (Lipinski definition) is 1. The second kappa shape index (κ2) is 6.00. The molecule has 98 valence electrons. The van der Waals surface area contributed by atoms with Gasteiger partial charge in [-0.1, -0.05) is 25.7 Å². The third kappa shape index (κ3) is 3.43. The molecule has 0 spiro atoms. The Morgan fingerprint density at radius 3 is 2.18 bits per heavy atom. The lowest BCUT2D eigenvalue weighted by molar-refractivity contribution is -0.175. The van der Waals surface area contributed by atoms with E-state index in [9.17, 15) is 14.7 Å². The van der Waals surface area contributed by atoms with E-state index in [-0.39, 0.29) is 12.3 Å². The molecule has 5 nitrogen and oxygen atoms in total. The lowest BCUT2D eigenvalue weighted by Crippen LogP contribution is -2.37. The molecule has 0 aromatic carbocycles. The van der Waals surface area contributed by atoms with Crippen LogP contribution in [-0.2, 0) is 14.4 Å². The van der Waals surface area contributed by atoms with Crippen LogP contribution < -0.4 is 0 Å². The van der Waals surface area contributed by atoms with Gasteiger partial charge in [-0.15, -0.1) is 0 Å². The van der Waals surface area contributed by atoms with Crippen molar-refractivity contribution in [2.45, 2.75) is 44.9 Å². The van der Waals surface area contributed by atoms with Crippen LogP contribution in [0.4, 0.5) is 0 Å². The van der Waals surface area contributed by atoms with Crippen molar-refractivity contribution < 1.29 is 19.5 Å². The van der Waals surface area contributed by atoms with Gasteiger partial charge in [0.1, 0.15) is 0 Å². The Kier molecular flexibility index (Phi) is 4.93. The molecule has 17 heavy (non-hydrogen) atoms. The van der Waals surface area contributed by atoms with Gasteiger partial charge in [-0.25, -0.2) is 5.06 Å². The zero-order chi connectivity index (χ0) is 12.9. The standard InChI is InChI=1S/C12H21NO4/c1-13(17-2)10(14)9-12(11(15)16)7-5-3-4-6-8-12/h3-9H2,1-2H3,(H,15,16). The van der Waals surface area contributed by atoms with Crippen molar-refractivity contribution in [3.05, 3.63) is 0 Å². The van der Waals surface area contributed by atoms with Crippen molar-refractivity contribution in [1.29, 1.82) is 0 Å². The summed E-state index contributed by atoms with van der Waals surface area (Å²) in [5.41, 5.74) is -0.889. The number of hydroxylamine groups is 2. The molecule has 1 fully saturated rings. The highest BCUT2D eigenvalue weighted by Crippen LogP contribution is 2.38. The molecule has 1 saturated carbocycles. The number of amides is 1. The molecule has 0 saturated heterocycles. The fraction of sp³-hybridized carbons (Fsp3) is 0.833. The largest absolute Gasteiger partial charge is 0.481 e. The van der Waals surface area contributed by atoms with E-state index in [0.29, 0.717) is 12.8 Å². The highest BCUT2D eigenvalue weighted by molar-refractivity contribution is 5.84. The zero-order valence-electron chi connectivity index (χ0n) is 10.6. The summed E-state index contributed by atoms with van der Waals surface area (Å²) in [7, 11) is 2.91. The molecule has 1 rings (SSSR count). The number of nitrogens with zero attached hydrogens (tertiary/aromatic N) is 1. The van der Waals surface area contributed by atoms with E-state index < -0.39 is 11.4 Å². The molecule has 1 amide bonds. The Labute approximate surface area is 102 Å². The highest BCUT2D eigenvalue weighted by Gasteiger charge is 2.41. The Bertz CT molecular complexity index is 282. The molecule has 0 aromatic rings. The Hall–Kier alpha value is -1.10. The van der Waals surface area contributed by atoms with Gasteiger partial charge in [0.05, 0.1) is 12.5 Å². The SMILES string of the molecule is CON(C)C(=O)CC1(C(=O)O)CCCCCC1. The number of carbonyl (C=O) groups is 2. The van der Waals surface area contributed by atoms with E-state index in [4.69, 9.17) is 4.84 Å². The molecule has 0 radical (unpaired) electrons. The Morgan fingerprint density at radius 2 is 1.76 bits per heavy atom. The molecule has 0 aromatic heterocycles. The normalized spacial score (nSPS) is 19.4. The van der Waals surface area contributed by atoms with Crippen LogP contribution in [0.1, 0.15) is 44.9 Å². The van der Waals surface area contributed by atoms with Gasteiger partial charge in [0.25, 0.3) is 0 Å². The average molecular weight is 243 g/mol. The molecule has 5 heteroatoms. The minimum atomic E-state index is -0.889. The molecule has 1 aliphatic rings. The Morgan fingerprint density at radius 1 is 1.24 bits per heavy atom. The fourth-order valence-corrected chi connectivity index (χ4v) is 2.37. The monoisotopic (exact) mass is 243 g/mol. The van der Waals surface area contributed by atoms with E-state index in [1.54, 1.807) is 0 Å². The molecule has 0 atom stereocenters. The first-order valence-corrected chi connectivity index (χ1v) is 6.06. The predicted molar refractivity (Wildman–Crippen MR) is 62.2 cm³/mol. The topological polar surface area (TPSA) is 66.8 Å². The third-order valence-electron chi connectivity index (χ3n) is 3.63. The summed E-state index contributed by atoms with van der Waals surface area (Å²) in [4.78, 5) is 28.1. The second-order valence-electron chi connectivity index (χ2n) is 4.75. The van der Waals surface area contributed by atoms with Gasteiger partial charge >= 0.3 is 5.97 Å². The van der Waals surface area contributed by atoms with Crippen molar-refractivity contribution in [3.8, 4) is 0 Å². The smallest absolute Gasteiger partial charge is 0.310 e. The maximum Gasteiger partial charge on any atom is 0.310 e.